The third kappa shape index (κ3) is 2.99. The number of nitrogen functional groups attached to an aromatic ring is 1. The highest BCUT2D eigenvalue weighted by Crippen LogP contribution is 2.36. The molecule has 2 aliphatic carbocycles. The Morgan fingerprint density at radius 2 is 2.09 bits per heavy atom. The van der Waals surface area contributed by atoms with Crippen molar-refractivity contribution in [3.05, 3.63) is 40.8 Å². The molecule has 0 amide bonds. The summed E-state index contributed by atoms with van der Waals surface area (Å²) in [7, 11) is 0. The van der Waals surface area contributed by atoms with Crippen molar-refractivity contribution >= 4 is 11.8 Å². The molecule has 2 heterocycles. The Kier molecular flexibility index (Phi) is 3.61. The molecule has 6 heteroatoms. The fourth-order valence-electron chi connectivity index (χ4n) is 3.38. The Balaban J connectivity index is 1.46. The van der Waals surface area contributed by atoms with Gasteiger partial charge in [-0.25, -0.2) is 4.98 Å². The number of hydrogen-bond acceptors (Lipinski definition) is 6. The van der Waals surface area contributed by atoms with Crippen molar-refractivity contribution in [2.75, 3.05) is 11.1 Å². The van der Waals surface area contributed by atoms with Crippen molar-refractivity contribution in [3.63, 3.8) is 0 Å². The van der Waals surface area contributed by atoms with E-state index in [4.69, 9.17) is 5.73 Å². The first-order valence-corrected chi connectivity index (χ1v) is 8.20. The van der Waals surface area contributed by atoms with E-state index in [9.17, 15) is 5.11 Å². The van der Waals surface area contributed by atoms with Crippen LogP contribution in [-0.4, -0.2) is 26.2 Å². The minimum atomic E-state index is -0.204. The van der Waals surface area contributed by atoms with Crippen molar-refractivity contribution < 1.29 is 5.11 Å². The van der Waals surface area contributed by atoms with Crippen LogP contribution in [0.25, 0.3) is 0 Å². The Bertz CT molecular complexity index is 727. The van der Waals surface area contributed by atoms with Crippen molar-refractivity contribution in [1.82, 2.24) is 15.0 Å². The van der Waals surface area contributed by atoms with Crippen LogP contribution >= 0.6 is 0 Å². The highest BCUT2D eigenvalue weighted by atomic mass is 16.3. The molecule has 120 valence electrons. The predicted molar refractivity (Wildman–Crippen MR) is 88.0 cm³/mol. The Morgan fingerprint density at radius 3 is 2.91 bits per heavy atom. The molecule has 0 bridgehead atoms. The molecule has 2 aliphatic rings. The first-order chi connectivity index (χ1) is 11.2. The van der Waals surface area contributed by atoms with Gasteiger partial charge in [0.05, 0.1) is 11.8 Å². The van der Waals surface area contributed by atoms with Gasteiger partial charge >= 0.3 is 0 Å². The molecule has 0 spiro atoms. The SMILES string of the molecule is Nc1nc(NCc2cnc3c(c2)CCC3)cc(C2CC(O)C2)n1. The van der Waals surface area contributed by atoms with E-state index in [2.05, 4.69) is 26.3 Å². The van der Waals surface area contributed by atoms with Gasteiger partial charge in [-0.1, -0.05) is 6.07 Å². The highest BCUT2D eigenvalue weighted by molar-refractivity contribution is 5.43. The molecule has 4 N–H and O–H groups in total. The standard InChI is InChI=1S/C17H21N5O/c18-17-21-15(12-5-13(23)6-12)7-16(22-17)20-9-10-4-11-2-1-3-14(11)19-8-10/h4,7-8,12-13,23H,1-3,5-6,9H2,(H3,18,20,21,22). The number of pyridine rings is 1. The Hall–Kier alpha value is -2.21. The number of rotatable bonds is 4. The lowest BCUT2D eigenvalue weighted by Crippen LogP contribution is -2.27. The second-order valence-corrected chi connectivity index (χ2v) is 6.51. The zero-order chi connectivity index (χ0) is 15.8. The minimum absolute atomic E-state index is 0.204. The molecule has 1 saturated carbocycles. The first kappa shape index (κ1) is 14.4. The second-order valence-electron chi connectivity index (χ2n) is 6.51. The summed E-state index contributed by atoms with van der Waals surface area (Å²) < 4.78 is 0. The van der Waals surface area contributed by atoms with E-state index in [1.807, 2.05) is 12.3 Å². The Morgan fingerprint density at radius 1 is 1.22 bits per heavy atom. The van der Waals surface area contributed by atoms with Crippen LogP contribution in [0.3, 0.4) is 0 Å². The number of anilines is 2. The number of aromatic nitrogens is 3. The molecule has 1 fully saturated rings. The third-order valence-electron chi connectivity index (χ3n) is 4.74. The van der Waals surface area contributed by atoms with E-state index in [0.29, 0.717) is 6.54 Å². The lowest BCUT2D eigenvalue weighted by molar-refractivity contribution is 0.0732. The summed E-state index contributed by atoms with van der Waals surface area (Å²) in [4.78, 5) is 13.1. The molecule has 23 heavy (non-hydrogen) atoms. The fourth-order valence-corrected chi connectivity index (χ4v) is 3.38. The van der Waals surface area contributed by atoms with E-state index in [-0.39, 0.29) is 18.0 Å². The summed E-state index contributed by atoms with van der Waals surface area (Å²) in [5.74, 6) is 1.30. The summed E-state index contributed by atoms with van der Waals surface area (Å²) in [6.07, 6.45) is 6.68. The van der Waals surface area contributed by atoms with E-state index in [1.54, 1.807) is 0 Å². The summed E-state index contributed by atoms with van der Waals surface area (Å²) >= 11 is 0. The van der Waals surface area contributed by atoms with Crippen molar-refractivity contribution in [2.45, 2.75) is 50.7 Å². The summed E-state index contributed by atoms with van der Waals surface area (Å²) in [5, 5.41) is 12.8. The average molecular weight is 311 g/mol. The normalized spacial score (nSPS) is 22.5. The second kappa shape index (κ2) is 5.77. The maximum absolute atomic E-state index is 9.45. The molecule has 0 radical (unpaired) electrons. The zero-order valence-electron chi connectivity index (χ0n) is 13.0. The van der Waals surface area contributed by atoms with Crippen LogP contribution in [0.4, 0.5) is 11.8 Å². The summed E-state index contributed by atoms with van der Waals surface area (Å²) in [5.41, 5.74) is 10.5. The van der Waals surface area contributed by atoms with Crippen LogP contribution in [-0.2, 0) is 19.4 Å². The molecule has 0 aromatic carbocycles. The maximum Gasteiger partial charge on any atom is 0.222 e. The molecule has 2 aromatic rings. The van der Waals surface area contributed by atoms with Gasteiger partial charge in [-0.05, 0) is 43.2 Å². The van der Waals surface area contributed by atoms with Crippen LogP contribution in [0.1, 0.15) is 47.7 Å². The van der Waals surface area contributed by atoms with E-state index < -0.39 is 0 Å². The van der Waals surface area contributed by atoms with Gasteiger partial charge in [0.2, 0.25) is 5.95 Å². The van der Waals surface area contributed by atoms with Gasteiger partial charge in [-0.15, -0.1) is 0 Å². The number of aryl methyl sites for hydroxylation is 2. The van der Waals surface area contributed by atoms with Gasteiger partial charge in [0.15, 0.2) is 0 Å². The molecule has 2 aromatic heterocycles. The maximum atomic E-state index is 9.45. The fraction of sp³-hybridized carbons (Fsp3) is 0.471. The third-order valence-corrected chi connectivity index (χ3v) is 4.74. The average Bonchev–Trinajstić information content (AvgIpc) is 2.97. The van der Waals surface area contributed by atoms with Gasteiger partial charge in [-0.2, -0.15) is 4.98 Å². The van der Waals surface area contributed by atoms with Crippen LogP contribution in [0.15, 0.2) is 18.3 Å². The number of nitrogens with zero attached hydrogens (tertiary/aromatic N) is 3. The largest absolute Gasteiger partial charge is 0.393 e. The topological polar surface area (TPSA) is 97.0 Å². The number of nitrogens with one attached hydrogen (secondary N) is 1. The van der Waals surface area contributed by atoms with Gasteiger partial charge < -0.3 is 16.2 Å². The molecule has 0 aliphatic heterocycles. The van der Waals surface area contributed by atoms with E-state index in [1.165, 1.54) is 17.7 Å². The van der Waals surface area contributed by atoms with Crippen molar-refractivity contribution in [1.29, 1.82) is 0 Å². The monoisotopic (exact) mass is 311 g/mol. The smallest absolute Gasteiger partial charge is 0.222 e. The number of fused-ring (bicyclic) bond motifs is 1. The van der Waals surface area contributed by atoms with E-state index >= 15 is 0 Å². The molecular formula is C17H21N5O. The van der Waals surface area contributed by atoms with Gasteiger partial charge in [0, 0.05) is 30.4 Å². The highest BCUT2D eigenvalue weighted by Gasteiger charge is 2.30. The molecular weight excluding hydrogens is 290 g/mol. The molecule has 0 unspecified atom stereocenters. The molecule has 4 rings (SSSR count). The van der Waals surface area contributed by atoms with Gasteiger partial charge in [0.1, 0.15) is 5.82 Å². The number of aliphatic hydroxyl groups is 1. The quantitative estimate of drug-likeness (QED) is 0.796. The lowest BCUT2D eigenvalue weighted by Gasteiger charge is -2.30. The van der Waals surface area contributed by atoms with Crippen LogP contribution in [0.2, 0.25) is 0 Å². The molecule has 0 atom stereocenters. The summed E-state index contributed by atoms with van der Waals surface area (Å²) in [6.45, 7) is 0.670. The number of hydrogen-bond donors (Lipinski definition) is 3. The Labute approximate surface area is 135 Å². The van der Waals surface area contributed by atoms with Crippen LogP contribution in [0.5, 0.6) is 0 Å². The van der Waals surface area contributed by atoms with Crippen molar-refractivity contribution in [2.24, 2.45) is 0 Å². The first-order valence-electron chi connectivity index (χ1n) is 8.20. The molecule has 6 nitrogen and oxygen atoms in total. The lowest BCUT2D eigenvalue weighted by atomic mass is 9.80. The predicted octanol–water partition coefficient (Wildman–Crippen LogP) is 1.79. The summed E-state index contributed by atoms with van der Waals surface area (Å²) in [6, 6.07) is 4.17. The molecule has 0 saturated heterocycles. The minimum Gasteiger partial charge on any atom is -0.393 e. The number of nitrogens with two attached hydrogens (primary N) is 1. The van der Waals surface area contributed by atoms with Gasteiger partial charge in [-0.3, -0.25) is 4.98 Å². The van der Waals surface area contributed by atoms with Crippen LogP contribution in [0, 0.1) is 0 Å². The van der Waals surface area contributed by atoms with Crippen LogP contribution < -0.4 is 11.1 Å². The van der Waals surface area contributed by atoms with E-state index in [0.717, 1.165) is 42.8 Å². The van der Waals surface area contributed by atoms with Crippen molar-refractivity contribution in [3.8, 4) is 0 Å². The zero-order valence-corrected chi connectivity index (χ0v) is 13.0. The van der Waals surface area contributed by atoms with Gasteiger partial charge in [0.25, 0.3) is 0 Å². The number of aliphatic hydroxyl groups excluding tert-OH is 1.